The summed E-state index contributed by atoms with van der Waals surface area (Å²) >= 11 is 0. The van der Waals surface area contributed by atoms with E-state index in [1.807, 2.05) is 12.2 Å². The highest BCUT2D eigenvalue weighted by molar-refractivity contribution is 6.07. The van der Waals surface area contributed by atoms with Gasteiger partial charge in [-0.05, 0) is 19.3 Å². The Bertz CT molecular complexity index is 579. The number of ether oxygens (including phenoxy) is 4. The molecule has 28 heavy (non-hydrogen) atoms. The average molecular weight is 392 g/mol. The van der Waals surface area contributed by atoms with Gasteiger partial charge in [0.15, 0.2) is 0 Å². The molecule has 0 spiro atoms. The largest absolute Gasteiger partial charge is 0.371 e. The van der Waals surface area contributed by atoms with Gasteiger partial charge in [0.2, 0.25) is 11.8 Å². The molecule has 8 heteroatoms. The number of carbonyl (C=O) groups is 2. The summed E-state index contributed by atoms with van der Waals surface area (Å²) in [4.78, 5) is 31.1. The van der Waals surface area contributed by atoms with Gasteiger partial charge in [0, 0.05) is 26.2 Å². The van der Waals surface area contributed by atoms with Crippen LogP contribution in [0.15, 0.2) is 12.2 Å². The number of allylic oxidation sites excluding steroid dienone is 1. The van der Waals surface area contributed by atoms with E-state index in [-0.39, 0.29) is 36.2 Å². The molecule has 0 aromatic heterocycles. The van der Waals surface area contributed by atoms with Crippen LogP contribution in [-0.4, -0.2) is 98.6 Å². The number of epoxide rings is 4. The second-order valence-corrected chi connectivity index (χ2v) is 8.51. The smallest absolute Gasteiger partial charge is 0.242 e. The molecule has 0 saturated carbocycles. The molecule has 0 N–H and O–H groups in total. The van der Waals surface area contributed by atoms with Crippen molar-refractivity contribution in [1.29, 1.82) is 0 Å². The van der Waals surface area contributed by atoms with Crippen LogP contribution in [0.2, 0.25) is 0 Å². The van der Waals surface area contributed by atoms with Crippen LogP contribution in [0.25, 0.3) is 0 Å². The first-order chi connectivity index (χ1) is 13.6. The highest BCUT2D eigenvalue weighted by Gasteiger charge is 2.51. The summed E-state index contributed by atoms with van der Waals surface area (Å²) in [6.45, 7) is 4.81. The summed E-state index contributed by atoms with van der Waals surface area (Å²) < 4.78 is 21.4. The molecule has 2 amide bonds. The Labute approximate surface area is 164 Å². The SMILES string of the molecule is O=C(N(CC1CO1)CC1CO1)C1(C(=O)N(CC2CO2)CC2CO2)C=CCCC1. The Morgan fingerprint density at radius 2 is 1.18 bits per heavy atom. The predicted octanol–water partition coefficient (Wildman–Crippen LogP) is -0.0347. The average Bonchev–Trinajstić information content (AvgIpc) is 3.56. The predicted molar refractivity (Wildman–Crippen MR) is 97.5 cm³/mol. The fourth-order valence-electron chi connectivity index (χ4n) is 4.04. The third-order valence-corrected chi connectivity index (χ3v) is 5.99. The molecule has 5 rings (SSSR count). The molecule has 0 aromatic rings. The van der Waals surface area contributed by atoms with Crippen molar-refractivity contribution in [2.45, 2.75) is 43.7 Å². The van der Waals surface area contributed by atoms with Crippen molar-refractivity contribution < 1.29 is 28.5 Å². The number of carbonyl (C=O) groups excluding carboxylic acids is 2. The van der Waals surface area contributed by atoms with Gasteiger partial charge in [-0.1, -0.05) is 12.2 Å². The van der Waals surface area contributed by atoms with Gasteiger partial charge in [-0.2, -0.15) is 0 Å². The van der Waals surface area contributed by atoms with Gasteiger partial charge in [0.05, 0.1) is 50.8 Å². The maximum Gasteiger partial charge on any atom is 0.242 e. The molecular weight excluding hydrogens is 364 g/mol. The molecular formula is C20H28N2O6. The van der Waals surface area contributed by atoms with E-state index in [1.165, 1.54) is 0 Å². The molecule has 4 aliphatic heterocycles. The lowest BCUT2D eigenvalue weighted by Crippen LogP contribution is -2.56. The molecule has 4 atom stereocenters. The fourth-order valence-corrected chi connectivity index (χ4v) is 4.04. The molecule has 0 aromatic carbocycles. The Hall–Kier alpha value is -1.48. The lowest BCUT2D eigenvalue weighted by Gasteiger charge is -2.39. The molecule has 4 heterocycles. The van der Waals surface area contributed by atoms with E-state index >= 15 is 0 Å². The minimum Gasteiger partial charge on any atom is -0.371 e. The number of amides is 2. The lowest BCUT2D eigenvalue weighted by molar-refractivity contribution is -0.154. The van der Waals surface area contributed by atoms with Crippen LogP contribution >= 0.6 is 0 Å². The van der Waals surface area contributed by atoms with Crippen molar-refractivity contribution in [2.75, 3.05) is 52.6 Å². The quantitative estimate of drug-likeness (QED) is 0.295. The molecule has 0 radical (unpaired) electrons. The zero-order valence-corrected chi connectivity index (χ0v) is 16.1. The van der Waals surface area contributed by atoms with E-state index in [2.05, 4.69) is 0 Å². The zero-order chi connectivity index (χ0) is 19.1. The van der Waals surface area contributed by atoms with Crippen LogP contribution in [0.5, 0.6) is 0 Å². The standard InChI is InChI=1S/C20H28N2O6/c23-18(21(6-14-10-25-14)7-15-11-26-15)20(4-2-1-3-5-20)19(24)22(8-16-12-27-16)9-17-13-28-17/h2,4,14-17H,1,3,5-13H2. The number of hydrogen-bond donors (Lipinski definition) is 0. The number of nitrogens with zero attached hydrogens (tertiary/aromatic N) is 2. The summed E-state index contributed by atoms with van der Waals surface area (Å²) in [5.41, 5.74) is -1.13. The summed E-state index contributed by atoms with van der Waals surface area (Å²) in [6.07, 6.45) is 6.44. The van der Waals surface area contributed by atoms with Crippen molar-refractivity contribution in [3.8, 4) is 0 Å². The van der Waals surface area contributed by atoms with Gasteiger partial charge >= 0.3 is 0 Å². The first-order valence-corrected chi connectivity index (χ1v) is 10.4. The minimum absolute atomic E-state index is 0.0817. The topological polar surface area (TPSA) is 90.7 Å². The molecule has 8 nitrogen and oxygen atoms in total. The third-order valence-electron chi connectivity index (χ3n) is 5.99. The monoisotopic (exact) mass is 392 g/mol. The number of rotatable bonds is 10. The van der Waals surface area contributed by atoms with Crippen molar-refractivity contribution in [3.63, 3.8) is 0 Å². The van der Waals surface area contributed by atoms with Gasteiger partial charge < -0.3 is 28.7 Å². The van der Waals surface area contributed by atoms with E-state index in [4.69, 9.17) is 18.9 Å². The highest BCUT2D eigenvalue weighted by Crippen LogP contribution is 2.37. The van der Waals surface area contributed by atoms with Crippen molar-refractivity contribution in [1.82, 2.24) is 9.80 Å². The van der Waals surface area contributed by atoms with E-state index in [0.717, 1.165) is 12.8 Å². The highest BCUT2D eigenvalue weighted by atomic mass is 16.6. The van der Waals surface area contributed by atoms with E-state index in [9.17, 15) is 9.59 Å². The summed E-state index contributed by atoms with van der Waals surface area (Å²) in [5.74, 6) is -0.226. The molecule has 4 saturated heterocycles. The maximum absolute atomic E-state index is 13.7. The first-order valence-electron chi connectivity index (χ1n) is 10.4. The molecule has 5 aliphatic rings. The van der Waals surface area contributed by atoms with E-state index in [0.29, 0.717) is 59.0 Å². The zero-order valence-electron chi connectivity index (χ0n) is 16.1. The minimum atomic E-state index is -1.13. The normalized spacial score (nSPS) is 37.3. The fraction of sp³-hybridized carbons (Fsp3) is 0.800. The van der Waals surface area contributed by atoms with Gasteiger partial charge in [-0.15, -0.1) is 0 Å². The molecule has 4 fully saturated rings. The maximum atomic E-state index is 13.7. The molecule has 1 aliphatic carbocycles. The van der Waals surface area contributed by atoms with Crippen molar-refractivity contribution >= 4 is 11.8 Å². The van der Waals surface area contributed by atoms with Gasteiger partial charge in [-0.25, -0.2) is 0 Å². The Kier molecular flexibility index (Phi) is 4.90. The van der Waals surface area contributed by atoms with Crippen molar-refractivity contribution in [2.24, 2.45) is 5.41 Å². The summed E-state index contributed by atoms with van der Waals surface area (Å²) in [6, 6.07) is 0. The lowest BCUT2D eigenvalue weighted by atomic mass is 9.76. The summed E-state index contributed by atoms with van der Waals surface area (Å²) in [5, 5.41) is 0. The van der Waals surface area contributed by atoms with Crippen LogP contribution in [0.3, 0.4) is 0 Å². The third kappa shape index (κ3) is 4.25. The molecule has 4 unspecified atom stereocenters. The number of hydrogen-bond acceptors (Lipinski definition) is 6. The van der Waals surface area contributed by atoms with Gasteiger partial charge in [-0.3, -0.25) is 9.59 Å². The Morgan fingerprint density at radius 3 is 1.46 bits per heavy atom. The van der Waals surface area contributed by atoms with Crippen LogP contribution in [0, 0.1) is 5.41 Å². The van der Waals surface area contributed by atoms with Crippen LogP contribution < -0.4 is 0 Å². The molecule has 0 bridgehead atoms. The molecule has 154 valence electrons. The second-order valence-electron chi connectivity index (χ2n) is 8.51. The van der Waals surface area contributed by atoms with Gasteiger partial charge in [0.25, 0.3) is 0 Å². The van der Waals surface area contributed by atoms with Crippen LogP contribution in [0.4, 0.5) is 0 Å². The van der Waals surface area contributed by atoms with Crippen LogP contribution in [-0.2, 0) is 28.5 Å². The Balaban J connectivity index is 1.39. The van der Waals surface area contributed by atoms with E-state index < -0.39 is 5.41 Å². The Morgan fingerprint density at radius 1 is 0.786 bits per heavy atom. The summed E-state index contributed by atoms with van der Waals surface area (Å²) in [7, 11) is 0. The first kappa shape index (κ1) is 18.5. The van der Waals surface area contributed by atoms with E-state index in [1.54, 1.807) is 9.80 Å². The van der Waals surface area contributed by atoms with Gasteiger partial charge in [0.1, 0.15) is 5.41 Å². The van der Waals surface area contributed by atoms with Crippen LogP contribution in [0.1, 0.15) is 19.3 Å². The van der Waals surface area contributed by atoms with Crippen molar-refractivity contribution in [3.05, 3.63) is 12.2 Å². The second kappa shape index (κ2) is 7.40.